The summed E-state index contributed by atoms with van der Waals surface area (Å²) in [6.45, 7) is 5.75. The van der Waals surface area contributed by atoms with E-state index in [2.05, 4.69) is 14.6 Å². The van der Waals surface area contributed by atoms with Crippen LogP contribution in [0.4, 0.5) is 0 Å². The molecule has 4 heterocycles. The Morgan fingerprint density at radius 2 is 2.10 bits per heavy atom. The fourth-order valence-electron chi connectivity index (χ4n) is 4.13. The molecule has 2 bridgehead atoms. The van der Waals surface area contributed by atoms with Crippen LogP contribution in [0.2, 0.25) is 0 Å². The maximum absolute atomic E-state index is 12.9. The predicted octanol–water partition coefficient (Wildman–Crippen LogP) is 2.55. The largest absolute Gasteiger partial charge is 0.493 e. The monoisotopic (exact) mass is 419 g/mol. The molecule has 158 valence electrons. The average molecular weight is 420 g/mol. The highest BCUT2D eigenvalue weighted by Crippen LogP contribution is 2.30. The van der Waals surface area contributed by atoms with Crippen molar-refractivity contribution in [1.29, 1.82) is 0 Å². The number of fused-ring (bicyclic) bond motifs is 4. The number of hydrogen-bond acceptors (Lipinski definition) is 7. The Hall–Kier alpha value is -1.74. The molecule has 1 N–H and O–H groups in total. The highest BCUT2D eigenvalue weighted by atomic mass is 32.1. The molecule has 5 rings (SSSR count). The van der Waals surface area contributed by atoms with Gasteiger partial charge in [-0.15, -0.1) is 0 Å². The Morgan fingerprint density at radius 3 is 2.86 bits per heavy atom. The lowest BCUT2D eigenvalue weighted by Gasteiger charge is -2.44. The molecule has 1 aromatic carbocycles. The van der Waals surface area contributed by atoms with E-state index in [0.717, 1.165) is 29.6 Å². The number of rotatable bonds is 10. The summed E-state index contributed by atoms with van der Waals surface area (Å²) in [5, 5.41) is 4.15. The molecule has 0 spiro atoms. The molecule has 7 nitrogen and oxygen atoms in total. The lowest BCUT2D eigenvalue weighted by molar-refractivity contribution is 0.0623. The van der Waals surface area contributed by atoms with Gasteiger partial charge in [0.1, 0.15) is 10.6 Å². The van der Waals surface area contributed by atoms with Crippen molar-refractivity contribution in [3.63, 3.8) is 0 Å². The molecule has 3 aliphatic rings. The van der Waals surface area contributed by atoms with Crippen LogP contribution in [0.15, 0.2) is 18.2 Å². The number of carbonyl (C=O) groups excluding carboxylic acids is 1. The zero-order valence-corrected chi connectivity index (χ0v) is 17.7. The summed E-state index contributed by atoms with van der Waals surface area (Å²) in [7, 11) is 1.66. The molecule has 29 heavy (non-hydrogen) atoms. The summed E-state index contributed by atoms with van der Waals surface area (Å²) in [6, 6.07) is 6.01. The predicted molar refractivity (Wildman–Crippen MR) is 113 cm³/mol. The van der Waals surface area contributed by atoms with Gasteiger partial charge in [-0.05, 0) is 55.5 Å². The highest BCUT2D eigenvalue weighted by molar-refractivity contribution is 7.09. The molecule has 8 heteroatoms. The fourth-order valence-corrected chi connectivity index (χ4v) is 4.89. The standard InChI is InChI=1S/C21H29N3O4S/c1-26-11-12-27-9-2-10-28-16-3-4-17-18(13-16)23-29-20(17)21(25)22-19-14-24-7-5-15(19)6-8-24/h3-4,13,15,19H,2,5-12,14H2,1H3,(H,22,25)/t19-/m1/s1. The number of ether oxygens (including phenoxy) is 3. The Morgan fingerprint density at radius 1 is 1.24 bits per heavy atom. The number of benzene rings is 1. The van der Waals surface area contributed by atoms with E-state index >= 15 is 0 Å². The smallest absolute Gasteiger partial charge is 0.263 e. The average Bonchev–Trinajstić information content (AvgIpc) is 3.17. The highest BCUT2D eigenvalue weighted by Gasteiger charge is 2.35. The van der Waals surface area contributed by atoms with Gasteiger partial charge in [-0.3, -0.25) is 4.79 Å². The van der Waals surface area contributed by atoms with Crippen LogP contribution >= 0.6 is 11.5 Å². The molecule has 2 aromatic rings. The van der Waals surface area contributed by atoms with Gasteiger partial charge < -0.3 is 24.4 Å². The Balaban J connectivity index is 1.30. The second-order valence-corrected chi connectivity index (χ2v) is 8.49. The zero-order chi connectivity index (χ0) is 20.1. The van der Waals surface area contributed by atoms with Crippen LogP contribution in [-0.2, 0) is 9.47 Å². The molecule has 0 aliphatic carbocycles. The zero-order valence-electron chi connectivity index (χ0n) is 16.9. The van der Waals surface area contributed by atoms with E-state index in [9.17, 15) is 4.79 Å². The summed E-state index contributed by atoms with van der Waals surface area (Å²) in [5.41, 5.74) is 0.808. The fraction of sp³-hybridized carbons (Fsp3) is 0.619. The number of amides is 1. The van der Waals surface area contributed by atoms with E-state index in [1.54, 1.807) is 7.11 Å². The Kier molecular flexibility index (Phi) is 6.97. The van der Waals surface area contributed by atoms with Gasteiger partial charge in [-0.1, -0.05) is 0 Å². The van der Waals surface area contributed by atoms with Crippen molar-refractivity contribution in [3.8, 4) is 5.75 Å². The van der Waals surface area contributed by atoms with Gasteiger partial charge in [-0.25, -0.2) is 0 Å². The molecule has 0 unspecified atom stereocenters. The molecule has 0 radical (unpaired) electrons. The first-order valence-corrected chi connectivity index (χ1v) is 11.1. The van der Waals surface area contributed by atoms with Crippen LogP contribution < -0.4 is 10.1 Å². The number of methoxy groups -OCH3 is 1. The van der Waals surface area contributed by atoms with Crippen LogP contribution in [0.5, 0.6) is 5.75 Å². The van der Waals surface area contributed by atoms with E-state index in [1.807, 2.05) is 18.2 Å². The van der Waals surface area contributed by atoms with Crippen molar-refractivity contribution in [1.82, 2.24) is 14.6 Å². The number of nitrogens with one attached hydrogen (secondary N) is 1. The molecule has 1 aromatic heterocycles. The minimum atomic E-state index is -0.00174. The maximum atomic E-state index is 12.9. The van der Waals surface area contributed by atoms with Crippen molar-refractivity contribution in [2.45, 2.75) is 25.3 Å². The van der Waals surface area contributed by atoms with Crippen molar-refractivity contribution in [2.75, 3.05) is 53.2 Å². The van der Waals surface area contributed by atoms with E-state index in [1.165, 1.54) is 37.5 Å². The van der Waals surface area contributed by atoms with Crippen molar-refractivity contribution < 1.29 is 19.0 Å². The maximum Gasteiger partial charge on any atom is 0.263 e. The van der Waals surface area contributed by atoms with Crippen molar-refractivity contribution in [2.24, 2.45) is 5.92 Å². The number of carbonyl (C=O) groups is 1. The SMILES string of the molecule is COCCOCCCOc1ccc2c(C(=O)N[C@@H]3CN4CCC3CC4)snc2c1. The van der Waals surface area contributed by atoms with E-state index < -0.39 is 0 Å². The van der Waals surface area contributed by atoms with Crippen LogP contribution in [0.3, 0.4) is 0 Å². The normalized spacial score (nSPS) is 23.4. The molecule has 1 amide bonds. The Bertz CT molecular complexity index is 819. The van der Waals surface area contributed by atoms with Gasteiger partial charge in [0.15, 0.2) is 0 Å². The van der Waals surface area contributed by atoms with Gasteiger partial charge in [0.2, 0.25) is 0 Å². The molecular weight excluding hydrogens is 390 g/mol. The first-order valence-electron chi connectivity index (χ1n) is 10.4. The molecule has 3 aliphatic heterocycles. The van der Waals surface area contributed by atoms with Crippen LogP contribution in [0.1, 0.15) is 28.9 Å². The lowest BCUT2D eigenvalue weighted by atomic mass is 9.84. The summed E-state index contributed by atoms with van der Waals surface area (Å²) in [4.78, 5) is 16.0. The molecule has 0 saturated carbocycles. The minimum absolute atomic E-state index is 0.00174. The molecule has 3 saturated heterocycles. The van der Waals surface area contributed by atoms with Crippen LogP contribution in [-0.4, -0.2) is 74.4 Å². The van der Waals surface area contributed by atoms with E-state index in [4.69, 9.17) is 14.2 Å². The third-order valence-corrected chi connectivity index (χ3v) is 6.64. The van der Waals surface area contributed by atoms with Gasteiger partial charge in [0.05, 0.1) is 25.3 Å². The first kappa shape index (κ1) is 20.5. The summed E-state index contributed by atoms with van der Waals surface area (Å²) >= 11 is 1.26. The van der Waals surface area contributed by atoms with Crippen molar-refractivity contribution >= 4 is 28.3 Å². The lowest BCUT2D eigenvalue weighted by Crippen LogP contribution is -2.57. The molecule has 3 fully saturated rings. The third kappa shape index (κ3) is 5.06. The molecule has 1 atom stereocenters. The van der Waals surface area contributed by atoms with Gasteiger partial charge in [0, 0.05) is 44.2 Å². The van der Waals surface area contributed by atoms with Gasteiger partial charge in [0.25, 0.3) is 5.91 Å². The summed E-state index contributed by atoms with van der Waals surface area (Å²) in [5.74, 6) is 1.38. The summed E-state index contributed by atoms with van der Waals surface area (Å²) in [6.07, 6.45) is 3.19. The van der Waals surface area contributed by atoms with Gasteiger partial charge >= 0.3 is 0 Å². The first-order chi connectivity index (χ1) is 14.2. The number of piperidine rings is 3. The minimum Gasteiger partial charge on any atom is -0.493 e. The third-order valence-electron chi connectivity index (χ3n) is 5.76. The van der Waals surface area contributed by atoms with Gasteiger partial charge in [-0.2, -0.15) is 4.37 Å². The van der Waals surface area contributed by atoms with E-state index in [-0.39, 0.29) is 11.9 Å². The number of nitrogens with zero attached hydrogens (tertiary/aromatic N) is 2. The second-order valence-electron chi connectivity index (χ2n) is 7.72. The summed E-state index contributed by atoms with van der Waals surface area (Å²) < 4.78 is 20.6. The van der Waals surface area contributed by atoms with Crippen LogP contribution in [0, 0.1) is 5.92 Å². The number of aromatic nitrogens is 1. The second kappa shape index (κ2) is 9.84. The van der Waals surface area contributed by atoms with Crippen molar-refractivity contribution in [3.05, 3.63) is 23.1 Å². The number of hydrogen-bond donors (Lipinski definition) is 1. The van der Waals surface area contributed by atoms with E-state index in [0.29, 0.717) is 37.2 Å². The Labute approximate surface area is 175 Å². The topological polar surface area (TPSA) is 72.9 Å². The molecular formula is C21H29N3O4S. The van der Waals surface area contributed by atoms with Crippen LogP contribution in [0.25, 0.3) is 10.9 Å². The quantitative estimate of drug-likeness (QED) is 0.597.